The Morgan fingerprint density at radius 1 is 1.09 bits per heavy atom. The largest absolute Gasteiger partial charge is 0.423 e. The summed E-state index contributed by atoms with van der Waals surface area (Å²) in [7, 11) is -3.70. The van der Waals surface area contributed by atoms with Gasteiger partial charge in [0.15, 0.2) is 15.1 Å². The van der Waals surface area contributed by atoms with E-state index in [9.17, 15) is 18.0 Å². The molecule has 4 aromatic rings. The van der Waals surface area contributed by atoms with E-state index in [2.05, 4.69) is 20.5 Å². The third kappa shape index (κ3) is 4.41. The van der Waals surface area contributed by atoms with Crippen molar-refractivity contribution < 1.29 is 22.4 Å². The van der Waals surface area contributed by atoms with Crippen molar-refractivity contribution in [3.63, 3.8) is 0 Å². The second-order valence-corrected chi connectivity index (χ2v) is 11.8. The Kier molecular flexibility index (Phi) is 5.51. The Hall–Kier alpha value is -3.09. The van der Waals surface area contributed by atoms with Gasteiger partial charge in [-0.25, -0.2) is 13.4 Å². The zero-order chi connectivity index (χ0) is 23.2. The average Bonchev–Trinajstić information content (AvgIpc) is 3.46. The molecule has 3 heterocycles. The van der Waals surface area contributed by atoms with Crippen molar-refractivity contribution in [2.45, 2.75) is 16.9 Å². The summed E-state index contributed by atoms with van der Waals surface area (Å²) in [6.07, 6.45) is 1.11. The number of nitrogens with zero attached hydrogens (tertiary/aromatic N) is 3. The lowest BCUT2D eigenvalue weighted by Gasteiger charge is -2.07. The van der Waals surface area contributed by atoms with Crippen molar-refractivity contribution in [3.8, 4) is 11.1 Å². The molecule has 9 nitrogen and oxygen atoms in total. The number of carbonyl (C=O) groups is 2. The van der Waals surface area contributed by atoms with Crippen LogP contribution in [0.1, 0.15) is 22.0 Å². The molecule has 12 heteroatoms. The summed E-state index contributed by atoms with van der Waals surface area (Å²) in [5.41, 5.74) is 2.71. The van der Waals surface area contributed by atoms with Gasteiger partial charge in [-0.2, -0.15) is 0 Å². The Morgan fingerprint density at radius 2 is 1.88 bits per heavy atom. The highest BCUT2D eigenvalue weighted by atomic mass is 32.2. The van der Waals surface area contributed by atoms with Gasteiger partial charge in [0.05, 0.1) is 10.2 Å². The molecule has 1 N–H and O–H groups in total. The van der Waals surface area contributed by atoms with Gasteiger partial charge in [-0.3, -0.25) is 14.9 Å². The first-order valence-corrected chi connectivity index (χ1v) is 13.4. The summed E-state index contributed by atoms with van der Waals surface area (Å²) < 4.78 is 31.8. The maximum atomic E-state index is 12.7. The zero-order valence-corrected chi connectivity index (χ0v) is 19.5. The molecule has 1 aliphatic rings. The standard InChI is InChI=1S/C21H16N4O5S3/c1-33(28,29)17(19-25-24-16(30-19)10-15-18(26)23-21(27)32-15)20-22-13-8-7-12(9-14(13)31-20)11-5-3-2-4-6-11/h2-9,15,17H,10H2,1H3,(H,23,26,27). The maximum absolute atomic E-state index is 12.7. The molecular formula is C21H16N4O5S3. The molecule has 2 amide bonds. The van der Waals surface area contributed by atoms with Crippen LogP contribution in [0, 0.1) is 0 Å². The van der Waals surface area contributed by atoms with Crippen LogP contribution in [0.4, 0.5) is 4.79 Å². The molecule has 1 aliphatic heterocycles. The van der Waals surface area contributed by atoms with Gasteiger partial charge >= 0.3 is 0 Å². The molecule has 0 aliphatic carbocycles. The molecule has 0 saturated carbocycles. The number of imide groups is 1. The highest BCUT2D eigenvalue weighted by molar-refractivity contribution is 8.15. The topological polar surface area (TPSA) is 132 Å². The van der Waals surface area contributed by atoms with E-state index in [0.717, 1.165) is 33.8 Å². The fourth-order valence-corrected chi connectivity index (χ4v) is 6.82. The van der Waals surface area contributed by atoms with Crippen molar-refractivity contribution in [1.29, 1.82) is 0 Å². The Morgan fingerprint density at radius 3 is 2.58 bits per heavy atom. The highest BCUT2D eigenvalue weighted by Gasteiger charge is 2.36. The van der Waals surface area contributed by atoms with Crippen LogP contribution in [0.15, 0.2) is 52.9 Å². The number of rotatable bonds is 6. The fourth-order valence-electron chi connectivity index (χ4n) is 3.48. The molecule has 1 fully saturated rings. The van der Waals surface area contributed by atoms with E-state index < -0.39 is 31.5 Å². The Bertz CT molecular complexity index is 1480. The first kappa shape index (κ1) is 21.7. The van der Waals surface area contributed by atoms with Crippen LogP contribution in [0.2, 0.25) is 0 Å². The van der Waals surface area contributed by atoms with Crippen molar-refractivity contribution in [3.05, 3.63) is 65.3 Å². The van der Waals surface area contributed by atoms with Gasteiger partial charge in [0.25, 0.3) is 5.24 Å². The highest BCUT2D eigenvalue weighted by Crippen LogP contribution is 2.36. The van der Waals surface area contributed by atoms with Crippen LogP contribution < -0.4 is 5.32 Å². The second kappa shape index (κ2) is 8.36. The minimum atomic E-state index is -3.70. The maximum Gasteiger partial charge on any atom is 0.286 e. The zero-order valence-electron chi connectivity index (χ0n) is 17.1. The molecular weight excluding hydrogens is 484 g/mol. The molecule has 2 aromatic carbocycles. The van der Waals surface area contributed by atoms with E-state index in [4.69, 9.17) is 4.42 Å². The molecule has 33 heavy (non-hydrogen) atoms. The van der Waals surface area contributed by atoms with E-state index in [-0.39, 0.29) is 18.2 Å². The summed E-state index contributed by atoms with van der Waals surface area (Å²) in [5, 5.41) is 7.96. The first-order valence-electron chi connectivity index (χ1n) is 9.76. The van der Waals surface area contributed by atoms with Crippen LogP contribution in [-0.4, -0.2) is 46.3 Å². The number of nitrogens with one attached hydrogen (secondary N) is 1. The summed E-state index contributed by atoms with van der Waals surface area (Å²) in [6, 6.07) is 15.6. The number of thioether (sulfide) groups is 1. The Labute approximate surface area is 196 Å². The van der Waals surface area contributed by atoms with E-state index in [1.165, 1.54) is 11.3 Å². The van der Waals surface area contributed by atoms with Crippen LogP contribution in [0.5, 0.6) is 0 Å². The van der Waals surface area contributed by atoms with Gasteiger partial charge in [0.1, 0.15) is 10.3 Å². The first-order chi connectivity index (χ1) is 15.8. The monoisotopic (exact) mass is 500 g/mol. The minimum Gasteiger partial charge on any atom is -0.423 e. The smallest absolute Gasteiger partial charge is 0.286 e. The Balaban J connectivity index is 1.48. The molecule has 1 saturated heterocycles. The molecule has 5 rings (SSSR count). The van der Waals surface area contributed by atoms with E-state index in [1.54, 1.807) is 0 Å². The number of hydrogen-bond acceptors (Lipinski definition) is 10. The normalized spacial score (nSPS) is 17.4. The number of sulfone groups is 1. The fraction of sp³-hybridized carbons (Fsp3) is 0.190. The number of benzene rings is 2. The summed E-state index contributed by atoms with van der Waals surface area (Å²) >= 11 is 2.08. The molecule has 0 radical (unpaired) electrons. The van der Waals surface area contributed by atoms with Crippen LogP contribution in [0.3, 0.4) is 0 Å². The minimum absolute atomic E-state index is 0.0198. The van der Waals surface area contributed by atoms with Gasteiger partial charge < -0.3 is 4.42 Å². The van der Waals surface area contributed by atoms with Crippen molar-refractivity contribution in [2.75, 3.05) is 6.26 Å². The lowest BCUT2D eigenvalue weighted by molar-refractivity contribution is -0.119. The molecule has 2 atom stereocenters. The van der Waals surface area contributed by atoms with Gasteiger partial charge in [0.2, 0.25) is 17.7 Å². The van der Waals surface area contributed by atoms with Crippen LogP contribution >= 0.6 is 23.1 Å². The van der Waals surface area contributed by atoms with Gasteiger partial charge in [-0.1, -0.05) is 48.2 Å². The molecule has 0 bridgehead atoms. The second-order valence-electron chi connectivity index (χ2n) is 7.43. The summed E-state index contributed by atoms with van der Waals surface area (Å²) in [6.45, 7) is 0. The number of amides is 2. The van der Waals surface area contributed by atoms with Gasteiger partial charge in [0, 0.05) is 12.7 Å². The SMILES string of the molecule is CS(=O)(=O)C(c1nnc(CC2SC(=O)NC2=O)o1)c1nc2ccc(-c3ccccc3)cc2s1. The predicted molar refractivity (Wildman–Crippen MR) is 125 cm³/mol. The summed E-state index contributed by atoms with van der Waals surface area (Å²) in [4.78, 5) is 27.7. The third-order valence-electron chi connectivity index (χ3n) is 5.00. The average molecular weight is 501 g/mol. The summed E-state index contributed by atoms with van der Waals surface area (Å²) in [5.74, 6) is -0.483. The number of fused-ring (bicyclic) bond motifs is 1. The number of hydrogen-bond donors (Lipinski definition) is 1. The van der Waals surface area contributed by atoms with E-state index >= 15 is 0 Å². The third-order valence-corrected chi connectivity index (χ3v) is 8.49. The molecule has 0 spiro atoms. The van der Waals surface area contributed by atoms with Crippen molar-refractivity contribution in [2.24, 2.45) is 0 Å². The number of carbonyl (C=O) groups excluding carboxylic acids is 2. The van der Waals surface area contributed by atoms with Crippen molar-refractivity contribution >= 4 is 54.3 Å². The molecule has 2 unspecified atom stereocenters. The lowest BCUT2D eigenvalue weighted by atomic mass is 10.1. The van der Waals surface area contributed by atoms with Gasteiger partial charge in [-0.05, 0) is 23.3 Å². The molecule has 2 aromatic heterocycles. The van der Waals surface area contributed by atoms with Gasteiger partial charge in [-0.15, -0.1) is 21.5 Å². The predicted octanol–water partition coefficient (Wildman–Crippen LogP) is 3.37. The van der Waals surface area contributed by atoms with E-state index in [0.29, 0.717) is 10.5 Å². The number of thiazole rings is 1. The quantitative estimate of drug-likeness (QED) is 0.423. The molecule has 168 valence electrons. The van der Waals surface area contributed by atoms with Crippen LogP contribution in [-0.2, 0) is 21.1 Å². The lowest BCUT2D eigenvalue weighted by Crippen LogP contribution is -2.25. The van der Waals surface area contributed by atoms with E-state index in [1.807, 2.05) is 48.5 Å². The van der Waals surface area contributed by atoms with Crippen molar-refractivity contribution in [1.82, 2.24) is 20.5 Å². The number of aromatic nitrogens is 3. The van der Waals surface area contributed by atoms with Crippen LogP contribution in [0.25, 0.3) is 21.3 Å².